The quantitative estimate of drug-likeness (QED) is 0.859. The van der Waals surface area contributed by atoms with Crippen LogP contribution in [0, 0.1) is 6.92 Å². The second kappa shape index (κ2) is 3.37. The zero-order valence-corrected chi connectivity index (χ0v) is 9.78. The summed E-state index contributed by atoms with van der Waals surface area (Å²) in [7, 11) is 0. The molecule has 0 saturated heterocycles. The Morgan fingerprint density at radius 2 is 2.21 bits per heavy atom. The van der Waals surface area contributed by atoms with Gasteiger partial charge in [0.05, 0.1) is 0 Å². The van der Waals surface area contributed by atoms with Crippen molar-refractivity contribution in [3.05, 3.63) is 33.1 Å². The van der Waals surface area contributed by atoms with Crippen LogP contribution in [-0.2, 0) is 0 Å². The van der Waals surface area contributed by atoms with Gasteiger partial charge in [0.2, 0.25) is 0 Å². The lowest BCUT2D eigenvalue weighted by Gasteiger charge is -1.97. The highest BCUT2D eigenvalue weighted by Crippen LogP contribution is 2.34. The van der Waals surface area contributed by atoms with Gasteiger partial charge in [0.1, 0.15) is 4.88 Å². The number of carboxylic acid groups (broad SMARTS) is 1. The summed E-state index contributed by atoms with van der Waals surface area (Å²) in [6.45, 7) is 1.99. The molecule has 0 aliphatic heterocycles. The maximum absolute atomic E-state index is 10.8. The fraction of sp³-hybridized carbons (Fsp3) is 0.100. The Balaban J connectivity index is 2.77. The molecule has 1 heterocycles. The Bertz CT molecular complexity index is 516. The number of fused-ring (bicyclic) bond motifs is 1. The second-order valence-electron chi connectivity index (χ2n) is 3.03. The average molecular weight is 271 g/mol. The smallest absolute Gasteiger partial charge is 0.345 e. The van der Waals surface area contributed by atoms with Gasteiger partial charge in [-0.2, -0.15) is 0 Å². The van der Waals surface area contributed by atoms with Crippen LogP contribution in [0.3, 0.4) is 0 Å². The maximum Gasteiger partial charge on any atom is 0.345 e. The van der Waals surface area contributed by atoms with Gasteiger partial charge in [-0.25, -0.2) is 4.79 Å². The van der Waals surface area contributed by atoms with Gasteiger partial charge in [0.15, 0.2) is 0 Å². The second-order valence-corrected chi connectivity index (χ2v) is 4.88. The van der Waals surface area contributed by atoms with E-state index >= 15 is 0 Å². The molecular weight excluding hydrogens is 264 g/mol. The van der Waals surface area contributed by atoms with Crippen LogP contribution in [0.1, 0.15) is 15.2 Å². The summed E-state index contributed by atoms with van der Waals surface area (Å²) in [5, 5.41) is 9.82. The molecule has 4 heteroatoms. The first-order chi connectivity index (χ1) is 6.59. The van der Waals surface area contributed by atoms with Crippen LogP contribution < -0.4 is 0 Å². The van der Waals surface area contributed by atoms with Crippen molar-refractivity contribution in [2.45, 2.75) is 6.92 Å². The van der Waals surface area contributed by atoms with Gasteiger partial charge in [-0.3, -0.25) is 0 Å². The summed E-state index contributed by atoms with van der Waals surface area (Å²) in [6.07, 6.45) is 0. The van der Waals surface area contributed by atoms with Crippen molar-refractivity contribution in [2.24, 2.45) is 0 Å². The first kappa shape index (κ1) is 9.68. The van der Waals surface area contributed by atoms with E-state index in [9.17, 15) is 4.79 Å². The summed E-state index contributed by atoms with van der Waals surface area (Å²) in [4.78, 5) is 11.1. The lowest BCUT2D eigenvalue weighted by atomic mass is 10.2. The highest BCUT2D eigenvalue weighted by atomic mass is 79.9. The number of carbonyl (C=O) groups is 1. The zero-order chi connectivity index (χ0) is 10.3. The van der Waals surface area contributed by atoms with Gasteiger partial charge in [-0.15, -0.1) is 11.3 Å². The van der Waals surface area contributed by atoms with Gasteiger partial charge in [0.25, 0.3) is 0 Å². The molecule has 2 rings (SSSR count). The van der Waals surface area contributed by atoms with Crippen LogP contribution in [0.25, 0.3) is 10.1 Å². The Morgan fingerprint density at radius 1 is 1.50 bits per heavy atom. The molecule has 2 aromatic rings. The molecule has 0 fully saturated rings. The Kier molecular flexibility index (Phi) is 2.33. The van der Waals surface area contributed by atoms with Crippen molar-refractivity contribution in [2.75, 3.05) is 0 Å². The van der Waals surface area contributed by atoms with Gasteiger partial charge in [-0.05, 0) is 39.9 Å². The molecule has 14 heavy (non-hydrogen) atoms. The molecule has 0 aliphatic carbocycles. The molecular formula is C10H7BrO2S. The lowest BCUT2D eigenvalue weighted by molar-refractivity contribution is 0.0702. The van der Waals surface area contributed by atoms with E-state index in [0.717, 1.165) is 20.1 Å². The van der Waals surface area contributed by atoms with E-state index in [4.69, 9.17) is 5.11 Å². The standard InChI is InChI=1S/C10H7BrO2S/c1-5-2-3-6-4-7(10(12)13)14-9(6)8(5)11/h2-4H,1H3,(H,12,13). The number of halogens is 1. The van der Waals surface area contributed by atoms with E-state index in [1.54, 1.807) is 6.07 Å². The van der Waals surface area contributed by atoms with Crippen LogP contribution in [0.2, 0.25) is 0 Å². The zero-order valence-electron chi connectivity index (χ0n) is 7.37. The third-order valence-electron chi connectivity index (χ3n) is 2.03. The maximum atomic E-state index is 10.8. The molecule has 0 unspecified atom stereocenters. The fourth-order valence-electron chi connectivity index (χ4n) is 1.27. The minimum Gasteiger partial charge on any atom is -0.477 e. The van der Waals surface area contributed by atoms with Crippen molar-refractivity contribution in [3.63, 3.8) is 0 Å². The summed E-state index contributed by atoms with van der Waals surface area (Å²) in [6, 6.07) is 5.62. The molecule has 72 valence electrons. The van der Waals surface area contributed by atoms with Gasteiger partial charge in [0, 0.05) is 9.17 Å². The molecule has 1 aromatic carbocycles. The summed E-state index contributed by atoms with van der Waals surface area (Å²) in [5.74, 6) is -0.865. The van der Waals surface area contributed by atoms with Crippen LogP contribution >= 0.6 is 27.3 Å². The molecule has 0 saturated carbocycles. The molecule has 0 atom stereocenters. The van der Waals surface area contributed by atoms with E-state index in [1.807, 2.05) is 19.1 Å². The van der Waals surface area contributed by atoms with E-state index < -0.39 is 5.97 Å². The first-order valence-corrected chi connectivity index (χ1v) is 5.62. The molecule has 0 spiro atoms. The molecule has 0 bridgehead atoms. The highest BCUT2D eigenvalue weighted by Gasteiger charge is 2.10. The van der Waals surface area contributed by atoms with E-state index in [0.29, 0.717) is 4.88 Å². The van der Waals surface area contributed by atoms with Crippen molar-refractivity contribution in [1.82, 2.24) is 0 Å². The number of aromatic carboxylic acids is 1. The Labute approximate surface area is 93.3 Å². The molecule has 1 aromatic heterocycles. The monoisotopic (exact) mass is 270 g/mol. The molecule has 1 N–H and O–H groups in total. The predicted molar refractivity (Wildman–Crippen MR) is 61.2 cm³/mol. The van der Waals surface area contributed by atoms with Crippen molar-refractivity contribution >= 4 is 43.3 Å². The number of carboxylic acids is 1. The minimum atomic E-state index is -0.865. The fourth-order valence-corrected chi connectivity index (χ4v) is 2.87. The number of hydrogen-bond acceptors (Lipinski definition) is 2. The van der Waals surface area contributed by atoms with Crippen molar-refractivity contribution < 1.29 is 9.90 Å². The van der Waals surface area contributed by atoms with Crippen molar-refractivity contribution in [1.29, 1.82) is 0 Å². The summed E-state index contributed by atoms with van der Waals surface area (Å²) < 4.78 is 2.00. The normalized spacial score (nSPS) is 10.7. The third-order valence-corrected chi connectivity index (χ3v) is 4.47. The third kappa shape index (κ3) is 1.44. The van der Waals surface area contributed by atoms with Gasteiger partial charge >= 0.3 is 5.97 Å². The van der Waals surface area contributed by atoms with E-state index in [-0.39, 0.29) is 0 Å². The molecule has 0 aliphatic rings. The van der Waals surface area contributed by atoms with Crippen LogP contribution in [-0.4, -0.2) is 11.1 Å². The van der Waals surface area contributed by atoms with Crippen molar-refractivity contribution in [3.8, 4) is 0 Å². The summed E-state index contributed by atoms with van der Waals surface area (Å²) >= 11 is 4.76. The molecule has 0 radical (unpaired) electrons. The van der Waals surface area contributed by atoms with Crippen LogP contribution in [0.5, 0.6) is 0 Å². The minimum absolute atomic E-state index is 0.381. The molecule has 2 nitrogen and oxygen atoms in total. The van der Waals surface area contributed by atoms with E-state index in [1.165, 1.54) is 11.3 Å². The number of hydrogen-bond donors (Lipinski definition) is 1. The topological polar surface area (TPSA) is 37.3 Å². The highest BCUT2D eigenvalue weighted by molar-refractivity contribution is 9.10. The Hall–Kier alpha value is -0.870. The molecule has 0 amide bonds. The van der Waals surface area contributed by atoms with Gasteiger partial charge in [-0.1, -0.05) is 12.1 Å². The van der Waals surface area contributed by atoms with E-state index in [2.05, 4.69) is 15.9 Å². The van der Waals surface area contributed by atoms with Crippen LogP contribution in [0.4, 0.5) is 0 Å². The SMILES string of the molecule is Cc1ccc2cc(C(=O)O)sc2c1Br. The number of thiophene rings is 1. The number of aryl methyl sites for hydroxylation is 1. The predicted octanol–water partition coefficient (Wildman–Crippen LogP) is 3.67. The lowest BCUT2D eigenvalue weighted by Crippen LogP contribution is -1.89. The first-order valence-electron chi connectivity index (χ1n) is 4.01. The average Bonchev–Trinajstić information content (AvgIpc) is 2.56. The number of rotatable bonds is 1. The largest absolute Gasteiger partial charge is 0.477 e. The van der Waals surface area contributed by atoms with Gasteiger partial charge < -0.3 is 5.11 Å². The summed E-state index contributed by atoms with van der Waals surface area (Å²) in [5.41, 5.74) is 1.12. The number of benzene rings is 1. The Morgan fingerprint density at radius 3 is 2.86 bits per heavy atom. The van der Waals surface area contributed by atoms with Crippen LogP contribution in [0.15, 0.2) is 22.7 Å².